The minimum Gasteiger partial charge on any atom is -0.370 e. The van der Waals surface area contributed by atoms with E-state index in [1.54, 1.807) is 0 Å². The largest absolute Gasteiger partial charge is 0.370 e. The molecular formula is C17H22N4. The second kappa shape index (κ2) is 6.68. The molecule has 1 aromatic heterocycles. The maximum atomic E-state index is 4.65. The van der Waals surface area contributed by atoms with Gasteiger partial charge in [0.1, 0.15) is 5.82 Å². The molecule has 1 aromatic carbocycles. The fourth-order valence-electron chi connectivity index (χ4n) is 2.72. The second-order valence-corrected chi connectivity index (χ2v) is 5.68. The van der Waals surface area contributed by atoms with Crippen molar-refractivity contribution in [2.24, 2.45) is 5.92 Å². The van der Waals surface area contributed by atoms with E-state index in [1.165, 1.54) is 12.8 Å². The number of anilines is 1. The molecule has 2 N–H and O–H groups in total. The number of rotatable bonds is 4. The lowest BCUT2D eigenvalue weighted by atomic mass is 10.00. The van der Waals surface area contributed by atoms with E-state index in [-0.39, 0.29) is 0 Å². The molecule has 4 heteroatoms. The summed E-state index contributed by atoms with van der Waals surface area (Å²) in [4.78, 5) is 9.18. The third kappa shape index (κ3) is 3.79. The quantitative estimate of drug-likeness (QED) is 0.905. The number of benzene rings is 1. The summed E-state index contributed by atoms with van der Waals surface area (Å²) in [5, 5.41) is 6.92. The van der Waals surface area contributed by atoms with Crippen LogP contribution in [0, 0.1) is 12.8 Å². The van der Waals surface area contributed by atoms with Crippen LogP contribution < -0.4 is 10.6 Å². The molecule has 1 unspecified atom stereocenters. The zero-order valence-electron chi connectivity index (χ0n) is 12.5. The van der Waals surface area contributed by atoms with Crippen LogP contribution in [0.1, 0.15) is 18.5 Å². The molecule has 1 atom stereocenters. The van der Waals surface area contributed by atoms with Crippen LogP contribution in [-0.2, 0) is 0 Å². The van der Waals surface area contributed by atoms with Crippen LogP contribution in [-0.4, -0.2) is 29.6 Å². The maximum Gasteiger partial charge on any atom is 0.161 e. The average molecular weight is 282 g/mol. The molecule has 1 aliphatic heterocycles. The Labute approximate surface area is 126 Å². The fourth-order valence-corrected chi connectivity index (χ4v) is 2.72. The highest BCUT2D eigenvalue weighted by molar-refractivity contribution is 5.57. The number of piperidine rings is 1. The Morgan fingerprint density at radius 2 is 2.10 bits per heavy atom. The Bertz CT molecular complexity index is 577. The van der Waals surface area contributed by atoms with Gasteiger partial charge >= 0.3 is 0 Å². The van der Waals surface area contributed by atoms with Crippen LogP contribution in [0.25, 0.3) is 11.4 Å². The first-order valence-electron chi connectivity index (χ1n) is 7.67. The zero-order valence-corrected chi connectivity index (χ0v) is 12.5. The molecule has 21 heavy (non-hydrogen) atoms. The molecule has 0 bridgehead atoms. The Kier molecular flexibility index (Phi) is 4.46. The summed E-state index contributed by atoms with van der Waals surface area (Å²) in [6.45, 7) is 5.24. The van der Waals surface area contributed by atoms with Crippen LogP contribution in [0.4, 0.5) is 5.82 Å². The standard InChI is InChI=1S/C17H22N4/c1-13-10-16(19-12-14-6-5-9-18-11-14)21-17(20-13)15-7-3-2-4-8-15/h2-4,7-8,10,14,18H,5-6,9,11-12H2,1H3,(H,19,20,21). The average Bonchev–Trinajstić information content (AvgIpc) is 2.54. The Balaban J connectivity index is 1.72. The molecule has 2 heterocycles. The van der Waals surface area contributed by atoms with Gasteiger partial charge in [0.15, 0.2) is 5.82 Å². The highest BCUT2D eigenvalue weighted by atomic mass is 15.0. The number of aromatic nitrogens is 2. The lowest BCUT2D eigenvalue weighted by Gasteiger charge is -2.23. The van der Waals surface area contributed by atoms with Crippen molar-refractivity contribution in [3.05, 3.63) is 42.1 Å². The molecule has 1 fully saturated rings. The van der Waals surface area contributed by atoms with E-state index in [0.29, 0.717) is 5.92 Å². The number of nitrogens with zero attached hydrogens (tertiary/aromatic N) is 2. The van der Waals surface area contributed by atoms with Crippen molar-refractivity contribution in [3.63, 3.8) is 0 Å². The van der Waals surface area contributed by atoms with Gasteiger partial charge in [0.25, 0.3) is 0 Å². The van der Waals surface area contributed by atoms with Gasteiger partial charge in [-0.2, -0.15) is 0 Å². The van der Waals surface area contributed by atoms with Crippen LogP contribution >= 0.6 is 0 Å². The molecule has 4 nitrogen and oxygen atoms in total. The second-order valence-electron chi connectivity index (χ2n) is 5.68. The van der Waals surface area contributed by atoms with Gasteiger partial charge in [-0.05, 0) is 38.8 Å². The van der Waals surface area contributed by atoms with Gasteiger partial charge in [-0.1, -0.05) is 30.3 Å². The first kappa shape index (κ1) is 14.0. The van der Waals surface area contributed by atoms with Crippen LogP contribution in [0.3, 0.4) is 0 Å². The highest BCUT2D eigenvalue weighted by Crippen LogP contribution is 2.18. The summed E-state index contributed by atoms with van der Waals surface area (Å²) in [5.41, 5.74) is 2.05. The minimum atomic E-state index is 0.689. The lowest BCUT2D eigenvalue weighted by molar-refractivity contribution is 0.392. The predicted molar refractivity (Wildman–Crippen MR) is 86.3 cm³/mol. The van der Waals surface area contributed by atoms with E-state index in [1.807, 2.05) is 43.3 Å². The van der Waals surface area contributed by atoms with Gasteiger partial charge in [-0.25, -0.2) is 9.97 Å². The molecule has 2 aromatic rings. The highest BCUT2D eigenvalue weighted by Gasteiger charge is 2.13. The number of aryl methyl sites for hydroxylation is 1. The molecule has 0 radical (unpaired) electrons. The van der Waals surface area contributed by atoms with Gasteiger partial charge in [0, 0.05) is 23.9 Å². The van der Waals surface area contributed by atoms with E-state index >= 15 is 0 Å². The third-order valence-electron chi connectivity index (χ3n) is 3.86. The number of nitrogens with one attached hydrogen (secondary N) is 2. The van der Waals surface area contributed by atoms with E-state index in [9.17, 15) is 0 Å². The summed E-state index contributed by atoms with van der Waals surface area (Å²) in [6, 6.07) is 12.1. The van der Waals surface area contributed by atoms with Crippen LogP contribution in [0.5, 0.6) is 0 Å². The lowest BCUT2D eigenvalue weighted by Crippen LogP contribution is -2.33. The fraction of sp³-hybridized carbons (Fsp3) is 0.412. The molecular weight excluding hydrogens is 260 g/mol. The molecule has 1 aliphatic rings. The van der Waals surface area contributed by atoms with Crippen LogP contribution in [0.2, 0.25) is 0 Å². The third-order valence-corrected chi connectivity index (χ3v) is 3.86. The molecule has 3 rings (SSSR count). The SMILES string of the molecule is Cc1cc(NCC2CCCNC2)nc(-c2ccccc2)n1. The van der Waals surface area contributed by atoms with Gasteiger partial charge < -0.3 is 10.6 Å². The van der Waals surface area contributed by atoms with Gasteiger partial charge in [-0.15, -0.1) is 0 Å². The monoisotopic (exact) mass is 282 g/mol. The number of hydrogen-bond donors (Lipinski definition) is 2. The smallest absolute Gasteiger partial charge is 0.161 e. The summed E-state index contributed by atoms with van der Waals surface area (Å²) in [5.74, 6) is 2.40. The Morgan fingerprint density at radius 3 is 2.86 bits per heavy atom. The van der Waals surface area contributed by atoms with Crippen molar-refractivity contribution in [3.8, 4) is 11.4 Å². The van der Waals surface area contributed by atoms with Crippen molar-refractivity contribution in [1.82, 2.24) is 15.3 Å². The summed E-state index contributed by atoms with van der Waals surface area (Å²) < 4.78 is 0. The number of hydrogen-bond acceptors (Lipinski definition) is 4. The summed E-state index contributed by atoms with van der Waals surface area (Å²) in [6.07, 6.45) is 2.56. The summed E-state index contributed by atoms with van der Waals surface area (Å²) >= 11 is 0. The molecule has 0 saturated carbocycles. The molecule has 0 spiro atoms. The molecule has 110 valence electrons. The molecule has 1 saturated heterocycles. The van der Waals surface area contributed by atoms with E-state index < -0.39 is 0 Å². The minimum absolute atomic E-state index is 0.689. The van der Waals surface area contributed by atoms with Gasteiger partial charge in [0.05, 0.1) is 0 Å². The van der Waals surface area contributed by atoms with Crippen molar-refractivity contribution < 1.29 is 0 Å². The van der Waals surface area contributed by atoms with E-state index in [0.717, 1.165) is 42.5 Å². The summed E-state index contributed by atoms with van der Waals surface area (Å²) in [7, 11) is 0. The van der Waals surface area contributed by atoms with Crippen molar-refractivity contribution >= 4 is 5.82 Å². The van der Waals surface area contributed by atoms with E-state index in [2.05, 4.69) is 20.6 Å². The predicted octanol–water partition coefficient (Wildman–Crippen LogP) is 2.86. The Hall–Kier alpha value is -1.94. The van der Waals surface area contributed by atoms with Crippen molar-refractivity contribution in [1.29, 1.82) is 0 Å². The topological polar surface area (TPSA) is 49.8 Å². The zero-order chi connectivity index (χ0) is 14.5. The van der Waals surface area contributed by atoms with Gasteiger partial charge in [-0.3, -0.25) is 0 Å². The molecule has 0 amide bonds. The van der Waals surface area contributed by atoms with Crippen molar-refractivity contribution in [2.75, 3.05) is 25.0 Å². The Morgan fingerprint density at radius 1 is 1.24 bits per heavy atom. The molecule has 0 aliphatic carbocycles. The normalized spacial score (nSPS) is 18.4. The maximum absolute atomic E-state index is 4.65. The van der Waals surface area contributed by atoms with Crippen molar-refractivity contribution in [2.45, 2.75) is 19.8 Å². The first-order valence-corrected chi connectivity index (χ1v) is 7.67. The van der Waals surface area contributed by atoms with Crippen LogP contribution in [0.15, 0.2) is 36.4 Å². The van der Waals surface area contributed by atoms with E-state index in [4.69, 9.17) is 0 Å². The van der Waals surface area contributed by atoms with Gasteiger partial charge in [0.2, 0.25) is 0 Å². The first-order chi connectivity index (χ1) is 10.3.